The second-order valence-electron chi connectivity index (χ2n) is 19.7. The van der Waals surface area contributed by atoms with E-state index in [1.54, 1.807) is 6.08 Å². The Kier molecular flexibility index (Phi) is 46.6. The molecule has 0 aromatic carbocycles. The van der Waals surface area contributed by atoms with E-state index in [1.165, 1.54) is 141 Å². The molecule has 1 saturated heterocycles. The van der Waals surface area contributed by atoms with Crippen molar-refractivity contribution in [2.75, 3.05) is 13.2 Å². The molecule has 0 bridgehead atoms. The van der Waals surface area contributed by atoms with Crippen molar-refractivity contribution in [2.45, 2.75) is 281 Å². The van der Waals surface area contributed by atoms with Crippen molar-refractivity contribution in [1.29, 1.82) is 0 Å². The minimum Gasteiger partial charge on any atom is -0.394 e. The molecule has 0 aromatic rings. The van der Waals surface area contributed by atoms with E-state index in [1.807, 2.05) is 6.08 Å². The zero-order valence-corrected chi connectivity index (χ0v) is 44.7. The first-order valence-corrected chi connectivity index (χ1v) is 28.8. The summed E-state index contributed by atoms with van der Waals surface area (Å²) in [5, 5.41) is 54.4. The van der Waals surface area contributed by atoms with E-state index >= 15 is 0 Å². The molecule has 1 heterocycles. The maximum absolute atomic E-state index is 13.0. The highest BCUT2D eigenvalue weighted by Crippen LogP contribution is 2.23. The fourth-order valence-electron chi connectivity index (χ4n) is 8.69. The van der Waals surface area contributed by atoms with Gasteiger partial charge in [0.2, 0.25) is 5.91 Å². The van der Waals surface area contributed by atoms with Crippen LogP contribution in [0.4, 0.5) is 0 Å². The number of rotatable bonds is 48. The van der Waals surface area contributed by atoms with Gasteiger partial charge < -0.3 is 40.3 Å². The van der Waals surface area contributed by atoms with E-state index in [2.05, 4.69) is 92.1 Å². The van der Waals surface area contributed by atoms with Gasteiger partial charge in [0.15, 0.2) is 6.29 Å². The van der Waals surface area contributed by atoms with Crippen LogP contribution in [0.3, 0.4) is 0 Å². The number of aliphatic hydroxyl groups is 5. The summed E-state index contributed by atoms with van der Waals surface area (Å²) in [5.41, 5.74) is 0. The zero-order valence-electron chi connectivity index (χ0n) is 44.7. The van der Waals surface area contributed by atoms with Gasteiger partial charge in [0.25, 0.3) is 0 Å². The number of allylic oxidation sites excluding steroid dienone is 13. The number of amides is 1. The van der Waals surface area contributed by atoms with E-state index in [-0.39, 0.29) is 12.5 Å². The molecule has 1 amide bonds. The predicted octanol–water partition coefficient (Wildman–Crippen LogP) is 14.2. The molecule has 1 rings (SSSR count). The van der Waals surface area contributed by atoms with E-state index < -0.39 is 49.5 Å². The number of unbranched alkanes of at least 4 members (excludes halogenated alkanes) is 26. The average Bonchev–Trinajstić information content (AvgIpc) is 3.36. The molecule has 70 heavy (non-hydrogen) atoms. The molecule has 0 spiro atoms. The van der Waals surface area contributed by atoms with Gasteiger partial charge in [-0.3, -0.25) is 4.79 Å². The molecule has 1 fully saturated rings. The quantitative estimate of drug-likeness (QED) is 0.0261. The second-order valence-corrected chi connectivity index (χ2v) is 19.7. The molecule has 9 heteroatoms. The van der Waals surface area contributed by atoms with Crippen LogP contribution in [0.1, 0.15) is 239 Å². The zero-order chi connectivity index (χ0) is 50.8. The van der Waals surface area contributed by atoms with Gasteiger partial charge in [-0.05, 0) is 70.6 Å². The summed E-state index contributed by atoms with van der Waals surface area (Å²) in [4.78, 5) is 13.0. The van der Waals surface area contributed by atoms with E-state index in [0.29, 0.717) is 6.42 Å². The second kappa shape index (κ2) is 49.9. The number of nitrogens with one attached hydrogen (secondary N) is 1. The normalized spacial score (nSPS) is 20.0. The maximum Gasteiger partial charge on any atom is 0.220 e. The van der Waals surface area contributed by atoms with Gasteiger partial charge in [0.1, 0.15) is 24.4 Å². The number of carbonyl (C=O) groups is 1. The van der Waals surface area contributed by atoms with Crippen LogP contribution in [0.2, 0.25) is 0 Å². The van der Waals surface area contributed by atoms with Crippen LogP contribution in [-0.4, -0.2) is 87.5 Å². The summed E-state index contributed by atoms with van der Waals surface area (Å²) in [5.74, 6) is -0.179. The first kappa shape index (κ1) is 65.4. The summed E-state index contributed by atoms with van der Waals surface area (Å²) in [6, 6.07) is -0.807. The average molecular weight is 983 g/mol. The van der Waals surface area contributed by atoms with Crippen LogP contribution in [0.5, 0.6) is 0 Å². The van der Waals surface area contributed by atoms with E-state index in [0.717, 1.165) is 77.0 Å². The lowest BCUT2D eigenvalue weighted by Gasteiger charge is -2.40. The Labute approximate surface area is 429 Å². The van der Waals surface area contributed by atoms with Crippen molar-refractivity contribution in [2.24, 2.45) is 0 Å². The van der Waals surface area contributed by atoms with Crippen molar-refractivity contribution < 1.29 is 39.8 Å². The number of hydrogen-bond acceptors (Lipinski definition) is 8. The molecule has 404 valence electrons. The lowest BCUT2D eigenvalue weighted by Crippen LogP contribution is -2.60. The SMILES string of the molecule is CC/C=C\C/C=C\C/C=C\C/C=C\C/C=C\C/C=C\CCCCCCCCCCCCCCCCCCC(=O)NC(COC1OC(CO)C(O)C(O)C1O)C(O)/C=C/CCCCCCCCCCCC. The Morgan fingerprint density at radius 3 is 1.31 bits per heavy atom. The Hall–Kier alpha value is -2.63. The fourth-order valence-corrected chi connectivity index (χ4v) is 8.69. The molecule has 1 aliphatic heterocycles. The van der Waals surface area contributed by atoms with E-state index in [9.17, 15) is 30.3 Å². The third-order valence-electron chi connectivity index (χ3n) is 13.2. The largest absolute Gasteiger partial charge is 0.394 e. The summed E-state index contributed by atoms with van der Waals surface area (Å²) < 4.78 is 11.2. The summed E-state index contributed by atoms with van der Waals surface area (Å²) >= 11 is 0. The smallest absolute Gasteiger partial charge is 0.220 e. The first-order chi connectivity index (χ1) is 34.3. The van der Waals surface area contributed by atoms with Crippen molar-refractivity contribution in [3.8, 4) is 0 Å². The monoisotopic (exact) mass is 982 g/mol. The Morgan fingerprint density at radius 1 is 0.500 bits per heavy atom. The van der Waals surface area contributed by atoms with E-state index in [4.69, 9.17) is 9.47 Å². The number of ether oxygens (including phenoxy) is 2. The maximum atomic E-state index is 13.0. The Balaban J connectivity index is 2.11. The summed E-state index contributed by atoms with van der Waals surface area (Å²) in [6.07, 6.45) is 63.7. The molecular formula is C61H107NO8. The van der Waals surface area contributed by atoms with Gasteiger partial charge in [-0.15, -0.1) is 0 Å². The third-order valence-corrected chi connectivity index (χ3v) is 13.2. The molecule has 0 saturated carbocycles. The molecule has 7 atom stereocenters. The topological polar surface area (TPSA) is 149 Å². The molecule has 6 N–H and O–H groups in total. The van der Waals surface area contributed by atoms with Crippen molar-refractivity contribution in [3.05, 3.63) is 85.1 Å². The highest BCUT2D eigenvalue weighted by molar-refractivity contribution is 5.76. The summed E-state index contributed by atoms with van der Waals surface area (Å²) in [6.45, 7) is 3.65. The molecule has 0 radical (unpaired) electrons. The lowest BCUT2D eigenvalue weighted by atomic mass is 9.99. The standard InChI is InChI=1S/C61H107NO8/c1-3-5-7-9-11-13-15-17-18-19-20-21-22-23-24-25-26-27-28-29-30-31-32-33-34-35-36-37-38-39-41-43-45-47-49-51-57(65)62-54(53-69-61-60(68)59(67)58(66)56(52-63)70-61)55(64)50-48-46-44-42-40-16-14-12-10-8-6-4-2/h5,7,11,13,17-18,20-21,23-24,26-27,48,50,54-56,58-61,63-64,66-68H,3-4,6,8-10,12,14-16,19,22,25,28-47,49,51-53H2,1-2H3,(H,62,65)/b7-5-,13-11-,18-17-,21-20-,24-23-,27-26-,50-48+. The van der Waals surface area contributed by atoms with Crippen molar-refractivity contribution in [3.63, 3.8) is 0 Å². The molecule has 1 aliphatic rings. The number of hydrogen-bond donors (Lipinski definition) is 6. The highest BCUT2D eigenvalue weighted by Gasteiger charge is 2.44. The van der Waals surface area contributed by atoms with Crippen molar-refractivity contribution in [1.82, 2.24) is 5.32 Å². The van der Waals surface area contributed by atoms with Crippen LogP contribution in [0, 0.1) is 0 Å². The van der Waals surface area contributed by atoms with Gasteiger partial charge in [-0.25, -0.2) is 0 Å². The minimum atomic E-state index is -1.57. The first-order valence-electron chi connectivity index (χ1n) is 28.8. The number of aliphatic hydroxyl groups excluding tert-OH is 5. The Morgan fingerprint density at radius 2 is 0.886 bits per heavy atom. The van der Waals surface area contributed by atoms with Crippen LogP contribution in [0.25, 0.3) is 0 Å². The summed E-state index contributed by atoms with van der Waals surface area (Å²) in [7, 11) is 0. The number of carbonyl (C=O) groups excluding carboxylic acids is 1. The molecule has 0 aromatic heterocycles. The van der Waals surface area contributed by atoms with Crippen molar-refractivity contribution >= 4 is 5.91 Å². The minimum absolute atomic E-state index is 0.179. The predicted molar refractivity (Wildman–Crippen MR) is 295 cm³/mol. The van der Waals surface area contributed by atoms with Crippen LogP contribution < -0.4 is 5.32 Å². The molecule has 7 unspecified atom stereocenters. The fraction of sp³-hybridized carbons (Fsp3) is 0.754. The van der Waals surface area contributed by atoms with Gasteiger partial charge in [-0.1, -0.05) is 247 Å². The Bertz CT molecular complexity index is 1370. The van der Waals surface area contributed by atoms with Gasteiger partial charge in [0, 0.05) is 6.42 Å². The molecule has 0 aliphatic carbocycles. The van der Waals surface area contributed by atoms with Crippen LogP contribution in [0.15, 0.2) is 85.1 Å². The third kappa shape index (κ3) is 39.0. The van der Waals surface area contributed by atoms with Crippen LogP contribution in [-0.2, 0) is 14.3 Å². The lowest BCUT2D eigenvalue weighted by molar-refractivity contribution is -0.302. The highest BCUT2D eigenvalue weighted by atomic mass is 16.7. The van der Waals surface area contributed by atoms with Crippen LogP contribution >= 0.6 is 0 Å². The van der Waals surface area contributed by atoms with Gasteiger partial charge >= 0.3 is 0 Å². The molecule has 9 nitrogen and oxygen atoms in total. The van der Waals surface area contributed by atoms with Gasteiger partial charge in [0.05, 0.1) is 25.4 Å². The molecular weight excluding hydrogens is 875 g/mol. The van der Waals surface area contributed by atoms with Gasteiger partial charge in [-0.2, -0.15) is 0 Å².